The molecule has 112 valence electrons. The normalized spacial score (nSPS) is 25.5. The van der Waals surface area contributed by atoms with Crippen molar-refractivity contribution in [1.29, 1.82) is 0 Å². The van der Waals surface area contributed by atoms with Crippen LogP contribution < -0.4 is 5.32 Å². The number of halogens is 3. The molecule has 0 fully saturated rings. The second-order valence-corrected chi connectivity index (χ2v) is 7.64. The predicted molar refractivity (Wildman–Crippen MR) is 97.0 cm³/mol. The van der Waals surface area contributed by atoms with E-state index in [0.29, 0.717) is 21.9 Å². The maximum Gasteiger partial charge on any atom is 0.0655 e. The van der Waals surface area contributed by atoms with Crippen LogP contribution in [-0.2, 0) is 0 Å². The summed E-state index contributed by atoms with van der Waals surface area (Å²) < 4.78 is 1.10. The molecular formula is C18H14BrCl2N. The second kappa shape index (κ2) is 5.59. The first kappa shape index (κ1) is 14.6. The van der Waals surface area contributed by atoms with Gasteiger partial charge in [0.25, 0.3) is 0 Å². The van der Waals surface area contributed by atoms with Crippen molar-refractivity contribution >= 4 is 44.8 Å². The van der Waals surface area contributed by atoms with Gasteiger partial charge < -0.3 is 5.32 Å². The topological polar surface area (TPSA) is 12.0 Å². The molecule has 0 saturated heterocycles. The van der Waals surface area contributed by atoms with Gasteiger partial charge in [-0.25, -0.2) is 0 Å². The smallest absolute Gasteiger partial charge is 0.0655 e. The van der Waals surface area contributed by atoms with E-state index in [1.54, 1.807) is 0 Å². The zero-order chi connectivity index (χ0) is 15.3. The Labute approximate surface area is 148 Å². The van der Waals surface area contributed by atoms with Crippen LogP contribution in [0, 0.1) is 5.92 Å². The van der Waals surface area contributed by atoms with Gasteiger partial charge in [0.1, 0.15) is 0 Å². The monoisotopic (exact) mass is 393 g/mol. The summed E-state index contributed by atoms with van der Waals surface area (Å²) in [5.41, 5.74) is 3.52. The SMILES string of the molecule is Clc1cc(Cl)c2c(c1)[C@@H]1C=CC[C@H]1[C@@H](c1ccc(Br)cc1)N2. The molecule has 1 aliphatic carbocycles. The molecule has 2 aromatic rings. The van der Waals surface area contributed by atoms with Gasteiger partial charge in [-0.1, -0.05) is 63.4 Å². The summed E-state index contributed by atoms with van der Waals surface area (Å²) in [7, 11) is 0. The highest BCUT2D eigenvalue weighted by atomic mass is 79.9. The summed E-state index contributed by atoms with van der Waals surface area (Å²) in [4.78, 5) is 0. The van der Waals surface area contributed by atoms with Gasteiger partial charge in [-0.3, -0.25) is 0 Å². The number of allylic oxidation sites excluding steroid dienone is 2. The van der Waals surface area contributed by atoms with Crippen LogP contribution in [0.3, 0.4) is 0 Å². The van der Waals surface area contributed by atoms with Crippen molar-refractivity contribution in [1.82, 2.24) is 0 Å². The number of hydrogen-bond donors (Lipinski definition) is 1. The molecule has 1 nitrogen and oxygen atoms in total. The van der Waals surface area contributed by atoms with Crippen LogP contribution in [0.15, 0.2) is 53.0 Å². The standard InChI is InChI=1S/C18H14BrCl2N/c19-11-6-4-10(5-7-11)17-14-3-1-2-13(14)15-8-12(20)9-16(21)18(15)22-17/h1-2,4-9,13-14,17,22H,3H2/t13-,14-,17-/m1/s1. The van der Waals surface area contributed by atoms with E-state index in [1.165, 1.54) is 11.1 Å². The molecule has 1 N–H and O–H groups in total. The summed E-state index contributed by atoms with van der Waals surface area (Å²) >= 11 is 16.1. The van der Waals surface area contributed by atoms with Crippen LogP contribution in [0.25, 0.3) is 0 Å². The minimum Gasteiger partial charge on any atom is -0.376 e. The Hall–Kier alpha value is -0.960. The van der Waals surface area contributed by atoms with Gasteiger partial charge in [0, 0.05) is 15.4 Å². The summed E-state index contributed by atoms with van der Waals surface area (Å²) in [6, 6.07) is 12.6. The highest BCUT2D eigenvalue weighted by molar-refractivity contribution is 9.10. The average molecular weight is 395 g/mol. The molecule has 3 atom stereocenters. The maximum atomic E-state index is 6.44. The van der Waals surface area contributed by atoms with Gasteiger partial charge in [-0.15, -0.1) is 0 Å². The van der Waals surface area contributed by atoms with E-state index in [1.807, 2.05) is 12.1 Å². The predicted octanol–water partition coefficient (Wildman–Crippen LogP) is 6.58. The van der Waals surface area contributed by atoms with Crippen molar-refractivity contribution in [3.05, 3.63) is 74.2 Å². The zero-order valence-electron chi connectivity index (χ0n) is 11.7. The van der Waals surface area contributed by atoms with Crippen molar-refractivity contribution in [2.75, 3.05) is 5.32 Å². The molecule has 0 amide bonds. The summed E-state index contributed by atoms with van der Waals surface area (Å²) in [6.07, 6.45) is 5.64. The first-order valence-electron chi connectivity index (χ1n) is 7.31. The molecule has 0 aromatic heterocycles. The van der Waals surface area contributed by atoms with Crippen LogP contribution in [0.4, 0.5) is 5.69 Å². The Morgan fingerprint density at radius 2 is 1.86 bits per heavy atom. The second-order valence-electron chi connectivity index (χ2n) is 5.88. The Kier molecular flexibility index (Phi) is 3.72. The van der Waals surface area contributed by atoms with Gasteiger partial charge in [0.2, 0.25) is 0 Å². The molecule has 1 heterocycles. The molecule has 0 spiro atoms. The zero-order valence-corrected chi connectivity index (χ0v) is 14.8. The molecular weight excluding hydrogens is 381 g/mol. The van der Waals surface area contributed by atoms with Crippen molar-refractivity contribution in [2.24, 2.45) is 5.92 Å². The summed E-state index contributed by atoms with van der Waals surface area (Å²) in [6.45, 7) is 0. The molecule has 0 saturated carbocycles. The van der Waals surface area contributed by atoms with E-state index in [0.717, 1.165) is 16.6 Å². The van der Waals surface area contributed by atoms with Crippen LogP contribution in [0.2, 0.25) is 10.0 Å². The highest BCUT2D eigenvalue weighted by Crippen LogP contribution is 2.52. The summed E-state index contributed by atoms with van der Waals surface area (Å²) in [5, 5.41) is 5.05. The first-order chi connectivity index (χ1) is 10.6. The Bertz CT molecular complexity index is 754. The van der Waals surface area contributed by atoms with Crippen LogP contribution in [0.1, 0.15) is 29.5 Å². The highest BCUT2D eigenvalue weighted by Gasteiger charge is 2.38. The fourth-order valence-electron chi connectivity index (χ4n) is 3.62. The number of anilines is 1. The average Bonchev–Trinajstić information content (AvgIpc) is 2.97. The van der Waals surface area contributed by atoms with E-state index in [9.17, 15) is 0 Å². The number of hydrogen-bond acceptors (Lipinski definition) is 1. The van der Waals surface area contributed by atoms with Crippen molar-refractivity contribution < 1.29 is 0 Å². The largest absolute Gasteiger partial charge is 0.376 e. The van der Waals surface area contributed by atoms with Gasteiger partial charge >= 0.3 is 0 Å². The molecule has 0 bridgehead atoms. The van der Waals surface area contributed by atoms with E-state index < -0.39 is 0 Å². The third-order valence-electron chi connectivity index (χ3n) is 4.61. The lowest BCUT2D eigenvalue weighted by molar-refractivity contribution is 0.425. The fourth-order valence-corrected chi connectivity index (χ4v) is 4.45. The van der Waals surface area contributed by atoms with E-state index in [-0.39, 0.29) is 6.04 Å². The van der Waals surface area contributed by atoms with Gasteiger partial charge in [0.05, 0.1) is 16.8 Å². The number of rotatable bonds is 1. The van der Waals surface area contributed by atoms with Crippen LogP contribution >= 0.6 is 39.1 Å². The number of fused-ring (bicyclic) bond motifs is 3. The van der Waals surface area contributed by atoms with Gasteiger partial charge in [0.15, 0.2) is 0 Å². The first-order valence-corrected chi connectivity index (χ1v) is 8.86. The molecule has 0 unspecified atom stereocenters. The van der Waals surface area contributed by atoms with Crippen LogP contribution in [-0.4, -0.2) is 0 Å². The van der Waals surface area contributed by atoms with Crippen molar-refractivity contribution in [3.8, 4) is 0 Å². The molecule has 2 aliphatic rings. The molecule has 22 heavy (non-hydrogen) atoms. The lowest BCUT2D eigenvalue weighted by Crippen LogP contribution is -2.29. The van der Waals surface area contributed by atoms with E-state index in [2.05, 4.69) is 57.7 Å². The minimum absolute atomic E-state index is 0.263. The lowest BCUT2D eigenvalue weighted by atomic mass is 9.77. The number of benzene rings is 2. The molecule has 4 rings (SSSR count). The molecule has 0 radical (unpaired) electrons. The van der Waals surface area contributed by atoms with Crippen molar-refractivity contribution in [3.63, 3.8) is 0 Å². The van der Waals surface area contributed by atoms with Crippen LogP contribution in [0.5, 0.6) is 0 Å². The van der Waals surface area contributed by atoms with E-state index >= 15 is 0 Å². The molecule has 1 aliphatic heterocycles. The lowest BCUT2D eigenvalue weighted by Gasteiger charge is -2.38. The number of nitrogens with one attached hydrogen (secondary N) is 1. The quantitative estimate of drug-likeness (QED) is 0.538. The van der Waals surface area contributed by atoms with Gasteiger partial charge in [-0.05, 0) is 47.7 Å². The third kappa shape index (κ3) is 2.38. The van der Waals surface area contributed by atoms with Gasteiger partial charge in [-0.2, -0.15) is 0 Å². The minimum atomic E-state index is 0.263. The Balaban J connectivity index is 1.82. The maximum absolute atomic E-state index is 6.44. The van der Waals surface area contributed by atoms with E-state index in [4.69, 9.17) is 23.2 Å². The third-order valence-corrected chi connectivity index (χ3v) is 5.66. The fraction of sp³-hybridized carbons (Fsp3) is 0.222. The van der Waals surface area contributed by atoms with Crippen molar-refractivity contribution in [2.45, 2.75) is 18.4 Å². The Morgan fingerprint density at radius 3 is 2.64 bits per heavy atom. The Morgan fingerprint density at radius 1 is 1.09 bits per heavy atom. The summed E-state index contributed by atoms with van der Waals surface area (Å²) in [5.74, 6) is 0.879. The molecule has 2 aromatic carbocycles. The molecule has 4 heteroatoms.